The molecule has 4 saturated carbocycles. The summed E-state index contributed by atoms with van der Waals surface area (Å²) in [6.07, 6.45) is 8.74. The van der Waals surface area contributed by atoms with E-state index in [1.54, 1.807) is 16.7 Å². The van der Waals surface area contributed by atoms with Crippen molar-refractivity contribution in [1.29, 1.82) is 0 Å². The van der Waals surface area contributed by atoms with E-state index in [1.807, 2.05) is 6.92 Å². The second-order valence-electron chi connectivity index (χ2n) is 8.37. The van der Waals surface area contributed by atoms with Crippen LogP contribution in [0, 0.1) is 23.2 Å². The van der Waals surface area contributed by atoms with Crippen molar-refractivity contribution in [3.63, 3.8) is 0 Å². The van der Waals surface area contributed by atoms with Crippen LogP contribution < -0.4 is 5.32 Å². The fourth-order valence-corrected chi connectivity index (χ4v) is 7.19. The third kappa shape index (κ3) is 2.90. The highest BCUT2D eigenvalue weighted by atomic mass is 32.2. The van der Waals surface area contributed by atoms with Gasteiger partial charge in [-0.15, -0.1) is 11.8 Å². The Morgan fingerprint density at radius 3 is 2.30 bits per heavy atom. The van der Waals surface area contributed by atoms with Crippen molar-refractivity contribution in [1.82, 2.24) is 10.2 Å². The summed E-state index contributed by atoms with van der Waals surface area (Å²) in [6, 6.07) is -0.249. The summed E-state index contributed by atoms with van der Waals surface area (Å²) in [7, 11) is 0. The van der Waals surface area contributed by atoms with Crippen LogP contribution in [0.25, 0.3) is 0 Å². The number of hydrogen-bond donors (Lipinski definition) is 1. The van der Waals surface area contributed by atoms with Crippen LogP contribution in [0.15, 0.2) is 0 Å². The maximum atomic E-state index is 12.7. The maximum Gasteiger partial charge on any atom is 0.243 e. The minimum absolute atomic E-state index is 0.0764. The molecule has 128 valence electrons. The van der Waals surface area contributed by atoms with Gasteiger partial charge in [-0.05, 0) is 61.7 Å². The average Bonchev–Trinajstić information content (AvgIpc) is 3.00. The molecule has 0 spiro atoms. The third-order valence-corrected chi connectivity index (χ3v) is 7.62. The van der Waals surface area contributed by atoms with Gasteiger partial charge in [-0.25, -0.2) is 0 Å². The van der Waals surface area contributed by atoms with E-state index in [1.165, 1.54) is 38.5 Å². The zero-order valence-electron chi connectivity index (χ0n) is 14.1. The lowest BCUT2D eigenvalue weighted by Crippen LogP contribution is -2.54. The SMILES string of the molecule is CCC(=O)N1CSCC1C(=O)NCC12CC3CC(CC(C3)C1)C2. The monoisotopic (exact) mass is 336 g/mol. The van der Waals surface area contributed by atoms with Crippen LogP contribution in [0.5, 0.6) is 0 Å². The molecule has 0 aromatic rings. The molecule has 4 nitrogen and oxygen atoms in total. The fraction of sp³-hybridized carbons (Fsp3) is 0.889. The number of carbonyl (C=O) groups excluding carboxylic acids is 2. The second kappa shape index (κ2) is 5.98. The lowest BCUT2D eigenvalue weighted by molar-refractivity contribution is -0.138. The van der Waals surface area contributed by atoms with Gasteiger partial charge in [0.15, 0.2) is 0 Å². The van der Waals surface area contributed by atoms with Crippen LogP contribution in [0.3, 0.4) is 0 Å². The van der Waals surface area contributed by atoms with Crippen LogP contribution in [0.2, 0.25) is 0 Å². The normalized spacial score (nSPS) is 41.3. The molecule has 0 aromatic heterocycles. The number of nitrogens with zero attached hydrogens (tertiary/aromatic N) is 1. The second-order valence-corrected chi connectivity index (χ2v) is 9.37. The summed E-state index contributed by atoms with van der Waals surface area (Å²) in [4.78, 5) is 26.4. The first kappa shape index (κ1) is 15.8. The van der Waals surface area contributed by atoms with Gasteiger partial charge >= 0.3 is 0 Å². The molecule has 1 aliphatic heterocycles. The van der Waals surface area contributed by atoms with Crippen molar-refractivity contribution in [2.45, 2.75) is 57.9 Å². The molecular formula is C18H28N2O2S. The zero-order valence-corrected chi connectivity index (χ0v) is 14.9. The first-order chi connectivity index (χ1) is 11.1. The molecule has 0 aromatic carbocycles. The quantitative estimate of drug-likeness (QED) is 0.858. The number of hydrogen-bond acceptors (Lipinski definition) is 3. The van der Waals surface area contributed by atoms with E-state index in [-0.39, 0.29) is 17.9 Å². The highest BCUT2D eigenvalue weighted by molar-refractivity contribution is 7.99. The fourth-order valence-electron chi connectivity index (χ4n) is 6.01. The van der Waals surface area contributed by atoms with E-state index in [0.717, 1.165) is 30.1 Å². The number of amides is 2. The minimum Gasteiger partial charge on any atom is -0.354 e. The van der Waals surface area contributed by atoms with Crippen molar-refractivity contribution >= 4 is 23.6 Å². The lowest BCUT2D eigenvalue weighted by atomic mass is 9.49. The first-order valence-corrected chi connectivity index (χ1v) is 10.4. The Bertz CT molecular complexity index is 472. The number of thioether (sulfide) groups is 1. The highest BCUT2D eigenvalue weighted by Crippen LogP contribution is 2.59. The van der Waals surface area contributed by atoms with E-state index in [2.05, 4.69) is 5.32 Å². The number of carbonyl (C=O) groups is 2. The van der Waals surface area contributed by atoms with E-state index in [9.17, 15) is 9.59 Å². The highest BCUT2D eigenvalue weighted by Gasteiger charge is 2.51. The van der Waals surface area contributed by atoms with Crippen molar-refractivity contribution in [2.24, 2.45) is 23.2 Å². The van der Waals surface area contributed by atoms with E-state index < -0.39 is 0 Å². The summed E-state index contributed by atoms with van der Waals surface area (Å²) in [5.41, 5.74) is 0.371. The molecule has 1 unspecified atom stereocenters. The molecule has 0 radical (unpaired) electrons. The van der Waals surface area contributed by atoms with Crippen LogP contribution in [-0.4, -0.2) is 40.9 Å². The molecular weight excluding hydrogens is 308 g/mol. The van der Waals surface area contributed by atoms with Gasteiger partial charge < -0.3 is 10.2 Å². The molecule has 4 bridgehead atoms. The number of nitrogens with one attached hydrogen (secondary N) is 1. The zero-order chi connectivity index (χ0) is 16.0. The van der Waals surface area contributed by atoms with Crippen molar-refractivity contribution in [3.05, 3.63) is 0 Å². The average molecular weight is 337 g/mol. The van der Waals surface area contributed by atoms with Crippen molar-refractivity contribution < 1.29 is 9.59 Å². The summed E-state index contributed by atoms with van der Waals surface area (Å²) in [6.45, 7) is 2.71. The largest absolute Gasteiger partial charge is 0.354 e. The number of rotatable bonds is 4. The Kier molecular flexibility index (Phi) is 4.11. The van der Waals surface area contributed by atoms with Crippen LogP contribution in [-0.2, 0) is 9.59 Å². The Labute approximate surface area is 143 Å². The van der Waals surface area contributed by atoms with Gasteiger partial charge in [-0.3, -0.25) is 9.59 Å². The molecule has 1 heterocycles. The molecule has 2 amide bonds. The standard InChI is InChI=1S/C18H28N2O2S/c1-2-16(21)20-11-23-9-15(20)17(22)19-10-18-6-12-3-13(7-18)5-14(4-12)8-18/h12-15H,2-11H2,1H3,(H,19,22). The van der Waals surface area contributed by atoms with Crippen molar-refractivity contribution in [3.8, 4) is 0 Å². The lowest BCUT2D eigenvalue weighted by Gasteiger charge is -2.57. The molecule has 1 N–H and O–H groups in total. The van der Waals surface area contributed by atoms with Crippen molar-refractivity contribution in [2.75, 3.05) is 18.2 Å². The molecule has 5 fully saturated rings. The third-order valence-electron chi connectivity index (χ3n) is 6.61. The topological polar surface area (TPSA) is 49.4 Å². The molecule has 5 rings (SSSR count). The Morgan fingerprint density at radius 2 is 1.74 bits per heavy atom. The molecule has 1 saturated heterocycles. The van der Waals surface area contributed by atoms with Gasteiger partial charge in [-0.1, -0.05) is 6.92 Å². The van der Waals surface area contributed by atoms with Gasteiger partial charge in [0.2, 0.25) is 11.8 Å². The van der Waals surface area contributed by atoms with E-state index >= 15 is 0 Å². The first-order valence-electron chi connectivity index (χ1n) is 9.23. The van der Waals surface area contributed by atoms with Crippen LogP contribution >= 0.6 is 11.8 Å². The minimum atomic E-state index is -0.249. The van der Waals surface area contributed by atoms with E-state index in [4.69, 9.17) is 0 Å². The molecule has 23 heavy (non-hydrogen) atoms. The molecule has 5 aliphatic rings. The summed E-state index contributed by atoms with van der Waals surface area (Å²) in [5, 5.41) is 3.24. The molecule has 5 heteroatoms. The van der Waals surface area contributed by atoms with E-state index in [0.29, 0.717) is 17.7 Å². The maximum absolute atomic E-state index is 12.7. The van der Waals surface area contributed by atoms with Crippen LogP contribution in [0.1, 0.15) is 51.9 Å². The van der Waals surface area contributed by atoms with Gasteiger partial charge in [-0.2, -0.15) is 0 Å². The summed E-state index contributed by atoms with van der Waals surface area (Å²) < 4.78 is 0. The predicted octanol–water partition coefficient (Wildman–Crippen LogP) is 2.63. The predicted molar refractivity (Wildman–Crippen MR) is 91.9 cm³/mol. The summed E-state index contributed by atoms with van der Waals surface area (Å²) in [5.74, 6) is 4.34. The van der Waals surface area contributed by atoms with Crippen LogP contribution in [0.4, 0.5) is 0 Å². The van der Waals surface area contributed by atoms with Gasteiger partial charge in [0.05, 0.1) is 5.88 Å². The Balaban J connectivity index is 1.37. The molecule has 4 aliphatic carbocycles. The smallest absolute Gasteiger partial charge is 0.243 e. The molecule has 1 atom stereocenters. The van der Waals surface area contributed by atoms with Gasteiger partial charge in [0.1, 0.15) is 6.04 Å². The summed E-state index contributed by atoms with van der Waals surface area (Å²) >= 11 is 1.69. The Morgan fingerprint density at radius 1 is 1.13 bits per heavy atom. The van der Waals surface area contributed by atoms with Gasteiger partial charge in [0, 0.05) is 18.7 Å². The van der Waals surface area contributed by atoms with Gasteiger partial charge in [0.25, 0.3) is 0 Å². The Hall–Kier alpha value is -0.710.